The van der Waals surface area contributed by atoms with Crippen molar-refractivity contribution in [3.63, 3.8) is 0 Å². The monoisotopic (exact) mass is 577 g/mol. The van der Waals surface area contributed by atoms with E-state index >= 15 is 0 Å². The second kappa shape index (κ2) is 9.60. The maximum absolute atomic E-state index is 14.0. The Balaban J connectivity index is 1.62. The van der Waals surface area contributed by atoms with Crippen LogP contribution in [0.2, 0.25) is 0 Å². The first-order valence-corrected chi connectivity index (χ1v) is 14.9. The van der Waals surface area contributed by atoms with E-state index in [1.165, 1.54) is 20.2 Å². The molecule has 1 saturated heterocycles. The molecule has 10 nitrogen and oxygen atoms in total. The second-order valence-corrected chi connectivity index (χ2v) is 14.4. The lowest BCUT2D eigenvalue weighted by Gasteiger charge is -2.39. The number of amides is 1. The largest absolute Gasteiger partial charge is 0.444 e. The van der Waals surface area contributed by atoms with Crippen molar-refractivity contribution in [1.82, 2.24) is 14.2 Å². The molecule has 216 valence electrons. The molecule has 2 aliphatic rings. The molecule has 2 heterocycles. The Morgan fingerprint density at radius 3 is 2.34 bits per heavy atom. The molecular formula is C30H35N5O5S. The highest BCUT2D eigenvalue weighted by atomic mass is 32.2. The molecule has 0 spiro atoms. The predicted molar refractivity (Wildman–Crippen MR) is 156 cm³/mol. The van der Waals surface area contributed by atoms with Gasteiger partial charge in [-0.25, -0.2) is 17.5 Å². The molecule has 1 aliphatic heterocycles. The zero-order valence-corrected chi connectivity index (χ0v) is 25.3. The fraction of sp³-hybridized carbons (Fsp3) is 0.433. The molecule has 0 unspecified atom stereocenters. The zero-order valence-electron chi connectivity index (χ0n) is 24.5. The summed E-state index contributed by atoms with van der Waals surface area (Å²) in [6, 6.07) is 10.6. The minimum atomic E-state index is -3.93. The minimum Gasteiger partial charge on any atom is -0.444 e. The summed E-state index contributed by atoms with van der Waals surface area (Å²) in [4.78, 5) is 33.7. The van der Waals surface area contributed by atoms with Gasteiger partial charge in [-0.15, -0.1) is 0 Å². The van der Waals surface area contributed by atoms with Crippen LogP contribution >= 0.6 is 0 Å². The van der Waals surface area contributed by atoms with Crippen molar-refractivity contribution >= 4 is 38.5 Å². The third kappa shape index (κ3) is 4.75. The van der Waals surface area contributed by atoms with Crippen LogP contribution in [-0.4, -0.2) is 80.4 Å². The Kier molecular flexibility index (Phi) is 6.71. The van der Waals surface area contributed by atoms with E-state index in [9.17, 15) is 23.3 Å². The smallest absolute Gasteiger partial charge is 0.410 e. The number of hydrogen-bond donors (Lipinski definition) is 1. The zero-order chi connectivity index (χ0) is 30.1. The molecule has 1 fully saturated rings. The second-order valence-electron chi connectivity index (χ2n) is 12.3. The van der Waals surface area contributed by atoms with Crippen LogP contribution in [0, 0.1) is 11.3 Å². The number of aromatic amines is 1. The van der Waals surface area contributed by atoms with E-state index in [0.717, 1.165) is 10.00 Å². The normalized spacial score (nSPS) is 16.9. The van der Waals surface area contributed by atoms with Gasteiger partial charge in [-0.2, -0.15) is 5.26 Å². The number of piperazine rings is 1. The third-order valence-electron chi connectivity index (χ3n) is 7.83. The number of nitrogens with zero attached hydrogens (tertiary/aromatic N) is 4. The summed E-state index contributed by atoms with van der Waals surface area (Å²) in [6.07, 6.45) is -0.402. The van der Waals surface area contributed by atoms with Crippen molar-refractivity contribution in [2.24, 2.45) is 0 Å². The van der Waals surface area contributed by atoms with Crippen LogP contribution < -0.4 is 4.90 Å². The van der Waals surface area contributed by atoms with Crippen molar-refractivity contribution in [1.29, 1.82) is 5.26 Å². The van der Waals surface area contributed by atoms with Gasteiger partial charge < -0.3 is 19.5 Å². The summed E-state index contributed by atoms with van der Waals surface area (Å²) in [5.74, 6) is -0.262. The average Bonchev–Trinajstić information content (AvgIpc) is 3.30. The molecule has 1 N–H and O–H groups in total. The van der Waals surface area contributed by atoms with Gasteiger partial charge in [0.05, 0.1) is 22.9 Å². The molecule has 0 radical (unpaired) electrons. The van der Waals surface area contributed by atoms with Gasteiger partial charge in [0.1, 0.15) is 10.5 Å². The van der Waals surface area contributed by atoms with Gasteiger partial charge in [0, 0.05) is 67.8 Å². The lowest BCUT2D eigenvalue weighted by atomic mass is 9.71. The highest BCUT2D eigenvalue weighted by molar-refractivity contribution is 7.89. The first-order chi connectivity index (χ1) is 19.1. The molecule has 0 bridgehead atoms. The average molecular weight is 578 g/mol. The van der Waals surface area contributed by atoms with Gasteiger partial charge in [0.15, 0.2) is 5.78 Å². The predicted octanol–water partition coefficient (Wildman–Crippen LogP) is 4.22. The highest BCUT2D eigenvalue weighted by Gasteiger charge is 2.42. The Morgan fingerprint density at radius 2 is 1.76 bits per heavy atom. The number of ketones is 1. The van der Waals surface area contributed by atoms with Crippen LogP contribution in [0.3, 0.4) is 0 Å². The van der Waals surface area contributed by atoms with Gasteiger partial charge in [-0.3, -0.25) is 4.79 Å². The molecule has 1 aliphatic carbocycles. The van der Waals surface area contributed by atoms with Gasteiger partial charge >= 0.3 is 6.09 Å². The van der Waals surface area contributed by atoms with E-state index in [-0.39, 0.29) is 10.7 Å². The van der Waals surface area contributed by atoms with E-state index in [4.69, 9.17) is 4.74 Å². The van der Waals surface area contributed by atoms with E-state index in [1.807, 2.05) is 45.6 Å². The lowest BCUT2D eigenvalue weighted by Crippen LogP contribution is -2.50. The summed E-state index contributed by atoms with van der Waals surface area (Å²) in [5.41, 5.74) is 2.64. The number of benzene rings is 2. The SMILES string of the molecule is CN(C)S(=O)(=O)c1cc2c(cc1N1CCN(C(=O)OC(C)(C)C)CC1)C(C)(C)c1[nH]c3cc(C#N)ccc3c1C2=O. The standard InChI is InChI=1S/C30H35N5O5S/c1-29(2,3)40-28(37)35-12-10-34(11-13-35)23-16-21-20(15-24(23)41(38,39)33(6)7)26(36)25-19-9-8-18(17-31)14-22(19)32-27(25)30(21,4)5/h8-9,14-16,32H,10-13H2,1-7H3. The number of anilines is 1. The summed E-state index contributed by atoms with van der Waals surface area (Å²) in [6.45, 7) is 11.0. The molecule has 41 heavy (non-hydrogen) atoms. The first-order valence-electron chi connectivity index (χ1n) is 13.5. The van der Waals surface area contributed by atoms with Gasteiger partial charge in [-0.05, 0) is 50.6 Å². The summed E-state index contributed by atoms with van der Waals surface area (Å²) in [5, 5.41) is 10.1. The number of hydrogen-bond acceptors (Lipinski definition) is 7. The molecule has 0 atom stereocenters. The molecule has 2 aromatic carbocycles. The Labute approximate surface area is 240 Å². The number of H-pyrrole nitrogens is 1. The van der Waals surface area contributed by atoms with Gasteiger partial charge in [0.25, 0.3) is 0 Å². The Hall–Kier alpha value is -3.88. The molecule has 1 aromatic heterocycles. The van der Waals surface area contributed by atoms with Crippen molar-refractivity contribution in [3.8, 4) is 6.07 Å². The maximum Gasteiger partial charge on any atom is 0.410 e. The van der Waals surface area contributed by atoms with Crippen molar-refractivity contribution in [2.75, 3.05) is 45.2 Å². The lowest BCUT2D eigenvalue weighted by molar-refractivity contribution is 0.0240. The fourth-order valence-corrected chi connectivity index (χ4v) is 6.73. The van der Waals surface area contributed by atoms with Crippen molar-refractivity contribution < 1.29 is 22.7 Å². The number of aromatic nitrogens is 1. The molecular weight excluding hydrogens is 542 g/mol. The first kappa shape index (κ1) is 28.6. The molecule has 3 aromatic rings. The maximum atomic E-state index is 14.0. The molecule has 0 saturated carbocycles. The summed E-state index contributed by atoms with van der Waals surface area (Å²) >= 11 is 0. The molecule has 11 heteroatoms. The number of nitriles is 1. The van der Waals surface area contributed by atoms with E-state index in [1.54, 1.807) is 23.1 Å². The van der Waals surface area contributed by atoms with Crippen LogP contribution in [-0.2, 0) is 20.2 Å². The van der Waals surface area contributed by atoms with E-state index in [2.05, 4.69) is 11.1 Å². The van der Waals surface area contributed by atoms with Crippen LogP contribution in [0.25, 0.3) is 10.9 Å². The number of carbonyl (C=O) groups is 2. The van der Waals surface area contributed by atoms with Crippen LogP contribution in [0.4, 0.5) is 10.5 Å². The summed E-state index contributed by atoms with van der Waals surface area (Å²) in [7, 11) is -0.995. The number of ether oxygens (including phenoxy) is 1. The Morgan fingerprint density at radius 1 is 1.10 bits per heavy atom. The number of rotatable bonds is 3. The van der Waals surface area contributed by atoms with Gasteiger partial charge in [0.2, 0.25) is 10.0 Å². The van der Waals surface area contributed by atoms with Crippen molar-refractivity contribution in [2.45, 2.75) is 50.5 Å². The number of carbonyl (C=O) groups excluding carboxylic acids is 2. The van der Waals surface area contributed by atoms with Crippen LogP contribution in [0.1, 0.15) is 67.4 Å². The summed E-state index contributed by atoms with van der Waals surface area (Å²) < 4.78 is 33.9. The molecule has 1 amide bonds. The van der Waals surface area contributed by atoms with Crippen LogP contribution in [0.5, 0.6) is 0 Å². The number of sulfonamides is 1. The van der Waals surface area contributed by atoms with Crippen LogP contribution in [0.15, 0.2) is 35.2 Å². The number of fused-ring (bicyclic) bond motifs is 4. The van der Waals surface area contributed by atoms with Gasteiger partial charge in [-0.1, -0.05) is 19.9 Å². The fourth-order valence-electron chi connectivity index (χ4n) is 5.62. The third-order valence-corrected chi connectivity index (χ3v) is 9.67. The highest BCUT2D eigenvalue weighted by Crippen LogP contribution is 2.46. The quantitative estimate of drug-likeness (QED) is 0.494. The Bertz CT molecular complexity index is 1730. The topological polar surface area (TPSA) is 127 Å². The van der Waals surface area contributed by atoms with Crippen molar-refractivity contribution in [3.05, 3.63) is 58.3 Å². The van der Waals surface area contributed by atoms with E-state index in [0.29, 0.717) is 65.0 Å². The number of nitrogens with one attached hydrogen (secondary N) is 1. The minimum absolute atomic E-state index is 0.0474. The van der Waals surface area contributed by atoms with E-state index < -0.39 is 27.1 Å². The molecule has 5 rings (SSSR count).